The summed E-state index contributed by atoms with van der Waals surface area (Å²) in [5, 5.41) is 7.41. The summed E-state index contributed by atoms with van der Waals surface area (Å²) in [5.41, 5.74) is 2.83. The van der Waals surface area contributed by atoms with Crippen molar-refractivity contribution in [2.24, 2.45) is 5.41 Å². The second-order valence-corrected chi connectivity index (χ2v) is 8.49. The molecular weight excluding hydrogens is 374 g/mol. The minimum Gasteiger partial charge on any atom is -0.494 e. The molecule has 0 aliphatic carbocycles. The lowest BCUT2D eigenvalue weighted by molar-refractivity contribution is -0.105. The summed E-state index contributed by atoms with van der Waals surface area (Å²) in [6.45, 7) is 9.27. The normalized spacial score (nSPS) is 12.7. The molecule has 0 aliphatic rings. The van der Waals surface area contributed by atoms with Crippen molar-refractivity contribution in [2.75, 3.05) is 40.8 Å². The number of rotatable bonds is 13. The van der Waals surface area contributed by atoms with Gasteiger partial charge in [-0.25, -0.2) is 0 Å². The van der Waals surface area contributed by atoms with E-state index in [-0.39, 0.29) is 5.41 Å². The van der Waals surface area contributed by atoms with Crippen LogP contribution < -0.4 is 15.4 Å². The number of carbonyl (C=O) groups excluding carboxylic acids is 1. The average molecular weight is 410 g/mol. The largest absolute Gasteiger partial charge is 0.494 e. The Morgan fingerprint density at radius 3 is 2.61 bits per heavy atom. The maximum absolute atomic E-state index is 11.7. The standard InChI is InChI=1S/C22H36ClN3O2/c1-7-28-21-9-8-19(23)12-17(21)14-25-16-22(2,3)13-18(15-27)20(24-4)10-11-26(5)6/h8-9,12,15,24-25H,7,10-11,13-14,16H2,1-6H3/b20-18-. The molecule has 1 aromatic carbocycles. The number of hydrogen-bond acceptors (Lipinski definition) is 5. The Kier molecular flexibility index (Phi) is 10.6. The van der Waals surface area contributed by atoms with Crippen molar-refractivity contribution in [2.45, 2.75) is 40.2 Å². The maximum Gasteiger partial charge on any atom is 0.147 e. The van der Waals surface area contributed by atoms with Gasteiger partial charge in [-0.1, -0.05) is 25.4 Å². The zero-order valence-electron chi connectivity index (χ0n) is 18.2. The lowest BCUT2D eigenvalue weighted by Gasteiger charge is -2.27. The highest BCUT2D eigenvalue weighted by Crippen LogP contribution is 2.27. The topological polar surface area (TPSA) is 53.6 Å². The van der Waals surface area contributed by atoms with Crippen LogP contribution >= 0.6 is 11.6 Å². The van der Waals surface area contributed by atoms with E-state index in [4.69, 9.17) is 16.3 Å². The van der Waals surface area contributed by atoms with Crippen molar-refractivity contribution in [3.05, 3.63) is 40.1 Å². The van der Waals surface area contributed by atoms with E-state index in [0.29, 0.717) is 24.6 Å². The molecule has 0 aromatic heterocycles. The first kappa shape index (κ1) is 24.5. The third-order valence-corrected chi connectivity index (χ3v) is 4.79. The predicted octanol–water partition coefficient (Wildman–Crippen LogP) is 3.87. The fraction of sp³-hybridized carbons (Fsp3) is 0.591. The first-order chi connectivity index (χ1) is 13.2. The molecule has 0 spiro atoms. The highest BCUT2D eigenvalue weighted by molar-refractivity contribution is 6.30. The number of hydrogen-bond donors (Lipinski definition) is 2. The smallest absolute Gasteiger partial charge is 0.147 e. The summed E-state index contributed by atoms with van der Waals surface area (Å²) < 4.78 is 5.68. The molecule has 5 nitrogen and oxygen atoms in total. The molecule has 0 heterocycles. The maximum atomic E-state index is 11.7. The third kappa shape index (κ3) is 8.63. The van der Waals surface area contributed by atoms with Crippen molar-refractivity contribution in [3.8, 4) is 5.75 Å². The highest BCUT2D eigenvalue weighted by atomic mass is 35.5. The van der Waals surface area contributed by atoms with Crippen LogP contribution in [0.3, 0.4) is 0 Å². The van der Waals surface area contributed by atoms with Gasteiger partial charge in [0, 0.05) is 55.0 Å². The zero-order chi connectivity index (χ0) is 21.2. The average Bonchev–Trinajstić information content (AvgIpc) is 2.63. The Labute approximate surface area is 175 Å². The molecule has 0 atom stereocenters. The van der Waals surface area contributed by atoms with Gasteiger partial charge >= 0.3 is 0 Å². The summed E-state index contributed by atoms with van der Waals surface area (Å²) in [4.78, 5) is 13.8. The molecule has 28 heavy (non-hydrogen) atoms. The van der Waals surface area contributed by atoms with Crippen molar-refractivity contribution in [3.63, 3.8) is 0 Å². The number of carbonyl (C=O) groups is 1. The molecule has 0 saturated heterocycles. The predicted molar refractivity (Wildman–Crippen MR) is 118 cm³/mol. The third-order valence-electron chi connectivity index (χ3n) is 4.55. The Balaban J connectivity index is 2.75. The molecular formula is C22H36ClN3O2. The summed E-state index contributed by atoms with van der Waals surface area (Å²) in [5.74, 6) is 0.854. The number of nitrogens with one attached hydrogen (secondary N) is 2. The molecule has 0 unspecified atom stereocenters. The van der Waals surface area contributed by atoms with Crippen LogP contribution in [0.5, 0.6) is 5.75 Å². The molecule has 0 saturated carbocycles. The van der Waals surface area contributed by atoms with Gasteiger partial charge in [0.05, 0.1) is 6.61 Å². The molecule has 1 aromatic rings. The van der Waals surface area contributed by atoms with Crippen LogP contribution in [0.25, 0.3) is 0 Å². The second kappa shape index (κ2) is 12.1. The lowest BCUT2D eigenvalue weighted by Crippen LogP contribution is -2.30. The summed E-state index contributed by atoms with van der Waals surface area (Å²) in [6, 6.07) is 5.68. The van der Waals surface area contributed by atoms with Gasteiger partial charge in [0.1, 0.15) is 12.0 Å². The minimum absolute atomic E-state index is 0.0686. The minimum atomic E-state index is -0.0686. The summed E-state index contributed by atoms with van der Waals surface area (Å²) >= 11 is 6.14. The molecule has 0 fully saturated rings. The van der Waals surface area contributed by atoms with E-state index in [2.05, 4.69) is 29.4 Å². The van der Waals surface area contributed by atoms with Crippen molar-refractivity contribution in [1.29, 1.82) is 0 Å². The number of allylic oxidation sites excluding steroid dienone is 1. The Morgan fingerprint density at radius 1 is 1.32 bits per heavy atom. The van der Waals surface area contributed by atoms with E-state index in [1.807, 2.05) is 46.3 Å². The lowest BCUT2D eigenvalue weighted by atomic mass is 9.84. The van der Waals surface area contributed by atoms with Crippen LogP contribution in [0.4, 0.5) is 0 Å². The van der Waals surface area contributed by atoms with Crippen LogP contribution in [0.15, 0.2) is 29.5 Å². The quantitative estimate of drug-likeness (QED) is 0.382. The van der Waals surface area contributed by atoms with Gasteiger partial charge in [0.25, 0.3) is 0 Å². The number of aldehydes is 1. The molecule has 0 aliphatic heterocycles. The molecule has 158 valence electrons. The zero-order valence-corrected chi connectivity index (χ0v) is 18.9. The molecule has 2 N–H and O–H groups in total. The number of nitrogens with zero attached hydrogens (tertiary/aromatic N) is 1. The van der Waals surface area contributed by atoms with Crippen molar-refractivity contribution >= 4 is 17.9 Å². The van der Waals surface area contributed by atoms with Crippen LogP contribution in [0.1, 0.15) is 39.2 Å². The second-order valence-electron chi connectivity index (χ2n) is 8.05. The van der Waals surface area contributed by atoms with Gasteiger partial charge in [-0.05, 0) is 51.1 Å². The fourth-order valence-electron chi connectivity index (χ4n) is 3.10. The Hall–Kier alpha value is -1.56. The van der Waals surface area contributed by atoms with Gasteiger partial charge in [0.15, 0.2) is 0 Å². The SMILES string of the molecule is CCOc1ccc(Cl)cc1CNCC(C)(C)C/C(C=O)=C(\CCN(C)C)NC. The summed E-state index contributed by atoms with van der Waals surface area (Å²) in [7, 11) is 5.95. The number of benzene rings is 1. The van der Waals surface area contributed by atoms with Crippen LogP contribution in [-0.4, -0.2) is 52.0 Å². The monoisotopic (exact) mass is 409 g/mol. The van der Waals surface area contributed by atoms with Crippen molar-refractivity contribution < 1.29 is 9.53 Å². The van der Waals surface area contributed by atoms with E-state index in [1.54, 1.807) is 0 Å². The Bertz CT molecular complexity index is 657. The van der Waals surface area contributed by atoms with Crippen molar-refractivity contribution in [1.82, 2.24) is 15.5 Å². The van der Waals surface area contributed by atoms with Crippen LogP contribution in [0, 0.1) is 5.41 Å². The summed E-state index contributed by atoms with van der Waals surface area (Å²) in [6.07, 6.45) is 2.54. The number of halogens is 1. The van der Waals surface area contributed by atoms with E-state index < -0.39 is 0 Å². The first-order valence-electron chi connectivity index (χ1n) is 9.84. The highest BCUT2D eigenvalue weighted by Gasteiger charge is 2.21. The Morgan fingerprint density at radius 2 is 2.04 bits per heavy atom. The molecule has 1 rings (SSSR count). The van der Waals surface area contributed by atoms with Crippen LogP contribution in [-0.2, 0) is 11.3 Å². The van der Waals surface area contributed by atoms with E-state index in [0.717, 1.165) is 48.4 Å². The fourth-order valence-corrected chi connectivity index (χ4v) is 3.29. The van der Waals surface area contributed by atoms with Gasteiger partial charge < -0.3 is 20.3 Å². The van der Waals surface area contributed by atoms with E-state index in [1.165, 1.54) is 0 Å². The molecule has 6 heteroatoms. The van der Waals surface area contributed by atoms with Gasteiger partial charge in [-0.15, -0.1) is 0 Å². The van der Waals surface area contributed by atoms with E-state index >= 15 is 0 Å². The van der Waals surface area contributed by atoms with Gasteiger partial charge in [-0.2, -0.15) is 0 Å². The molecule has 0 bridgehead atoms. The first-order valence-corrected chi connectivity index (χ1v) is 10.2. The molecule has 0 amide bonds. The number of ether oxygens (including phenoxy) is 1. The van der Waals surface area contributed by atoms with Gasteiger partial charge in [0.2, 0.25) is 0 Å². The van der Waals surface area contributed by atoms with Gasteiger partial charge in [-0.3, -0.25) is 4.79 Å². The molecule has 0 radical (unpaired) electrons. The van der Waals surface area contributed by atoms with E-state index in [9.17, 15) is 4.79 Å². The van der Waals surface area contributed by atoms with Crippen LogP contribution in [0.2, 0.25) is 5.02 Å².